The van der Waals surface area contributed by atoms with Crippen LogP contribution in [0.2, 0.25) is 0 Å². The van der Waals surface area contributed by atoms with Crippen molar-refractivity contribution in [2.45, 2.75) is 57.5 Å². The average molecular weight is 250 g/mol. The van der Waals surface area contributed by atoms with E-state index in [2.05, 4.69) is 16.7 Å². The number of piperazine rings is 1. The van der Waals surface area contributed by atoms with Crippen LogP contribution in [0.15, 0.2) is 0 Å². The third-order valence-corrected chi connectivity index (χ3v) is 5.43. The van der Waals surface area contributed by atoms with Crippen molar-refractivity contribution in [3.8, 4) is 0 Å². The van der Waals surface area contributed by atoms with Crippen LogP contribution in [-0.4, -0.2) is 54.3 Å². The molecule has 102 valence electrons. The summed E-state index contributed by atoms with van der Waals surface area (Å²) < 4.78 is 0. The average Bonchev–Trinajstić information content (AvgIpc) is 2.99. The maximum Gasteiger partial charge on any atom is 0.127 e. The van der Waals surface area contributed by atoms with Gasteiger partial charge in [-0.15, -0.1) is 0 Å². The normalized spacial score (nSPS) is 36.7. The molecule has 3 aliphatic rings. The molecule has 3 nitrogen and oxygen atoms in total. The molecular formula is C15H26N2O. The van der Waals surface area contributed by atoms with E-state index in [0.717, 1.165) is 25.4 Å². The number of fused-ring (bicyclic) bond motifs is 1. The first-order valence-corrected chi connectivity index (χ1v) is 7.67. The van der Waals surface area contributed by atoms with Crippen molar-refractivity contribution in [1.82, 2.24) is 9.80 Å². The monoisotopic (exact) mass is 250 g/mol. The molecular weight excluding hydrogens is 224 g/mol. The molecule has 0 spiro atoms. The lowest BCUT2D eigenvalue weighted by Crippen LogP contribution is -2.57. The van der Waals surface area contributed by atoms with Gasteiger partial charge in [-0.25, -0.2) is 0 Å². The molecule has 0 radical (unpaired) electrons. The molecule has 2 saturated heterocycles. The van der Waals surface area contributed by atoms with E-state index >= 15 is 0 Å². The molecule has 2 heterocycles. The second-order valence-corrected chi connectivity index (χ2v) is 6.76. The van der Waals surface area contributed by atoms with Crippen molar-refractivity contribution < 1.29 is 4.79 Å². The van der Waals surface area contributed by atoms with Gasteiger partial charge in [0.1, 0.15) is 6.29 Å². The molecule has 0 bridgehead atoms. The van der Waals surface area contributed by atoms with Gasteiger partial charge in [-0.3, -0.25) is 9.80 Å². The summed E-state index contributed by atoms with van der Waals surface area (Å²) in [6.07, 6.45) is 8.73. The Morgan fingerprint density at radius 1 is 1.22 bits per heavy atom. The number of nitrogens with zero attached hydrogens (tertiary/aromatic N) is 2. The van der Waals surface area contributed by atoms with E-state index < -0.39 is 0 Å². The number of carbonyl (C=O) groups is 1. The quantitative estimate of drug-likeness (QED) is 0.715. The Kier molecular flexibility index (Phi) is 3.46. The number of hydrogen-bond donors (Lipinski definition) is 0. The molecule has 3 rings (SSSR count). The minimum Gasteiger partial charge on any atom is -0.303 e. The van der Waals surface area contributed by atoms with Crippen LogP contribution in [0.5, 0.6) is 0 Å². The summed E-state index contributed by atoms with van der Waals surface area (Å²) in [6, 6.07) is 1.39. The fraction of sp³-hybridized carbons (Fsp3) is 0.933. The smallest absolute Gasteiger partial charge is 0.127 e. The van der Waals surface area contributed by atoms with Crippen LogP contribution in [0.1, 0.15) is 45.4 Å². The molecule has 1 aliphatic carbocycles. The van der Waals surface area contributed by atoms with E-state index in [0.29, 0.717) is 6.04 Å². The van der Waals surface area contributed by atoms with E-state index in [1.807, 2.05) is 0 Å². The van der Waals surface area contributed by atoms with Crippen molar-refractivity contribution in [3.63, 3.8) is 0 Å². The van der Waals surface area contributed by atoms with Crippen LogP contribution < -0.4 is 0 Å². The predicted octanol–water partition coefficient (Wildman–Crippen LogP) is 1.91. The number of carbonyl (C=O) groups excluding carboxylic acids is 1. The molecule has 3 heteroatoms. The van der Waals surface area contributed by atoms with Crippen molar-refractivity contribution in [2.24, 2.45) is 5.41 Å². The van der Waals surface area contributed by atoms with Crippen molar-refractivity contribution >= 4 is 6.29 Å². The molecule has 0 aromatic rings. The summed E-state index contributed by atoms with van der Waals surface area (Å²) in [4.78, 5) is 16.8. The molecule has 0 N–H and O–H groups in total. The van der Waals surface area contributed by atoms with Crippen LogP contribution in [0.25, 0.3) is 0 Å². The summed E-state index contributed by atoms with van der Waals surface area (Å²) in [6.45, 7) is 7.04. The van der Waals surface area contributed by atoms with E-state index in [9.17, 15) is 4.79 Å². The molecule has 0 aromatic carbocycles. The van der Waals surface area contributed by atoms with Crippen molar-refractivity contribution in [3.05, 3.63) is 0 Å². The van der Waals surface area contributed by atoms with E-state index in [1.165, 1.54) is 51.6 Å². The molecule has 3 fully saturated rings. The van der Waals surface area contributed by atoms with Gasteiger partial charge in [-0.1, -0.05) is 12.8 Å². The number of rotatable bonds is 3. The topological polar surface area (TPSA) is 23.6 Å². The molecule has 2 aliphatic heterocycles. The first kappa shape index (κ1) is 12.6. The third kappa shape index (κ3) is 2.23. The van der Waals surface area contributed by atoms with Crippen molar-refractivity contribution in [1.29, 1.82) is 0 Å². The Balaban J connectivity index is 1.66. The summed E-state index contributed by atoms with van der Waals surface area (Å²) in [5.74, 6) is 0. The second-order valence-electron chi connectivity index (χ2n) is 6.76. The van der Waals surface area contributed by atoms with Crippen LogP contribution in [0.3, 0.4) is 0 Å². The number of hydrogen-bond acceptors (Lipinski definition) is 3. The molecule has 18 heavy (non-hydrogen) atoms. The fourth-order valence-corrected chi connectivity index (χ4v) is 4.26. The SMILES string of the molecule is CC1CN2CCCC2CN1CC1(C=O)CCCC1. The first-order valence-electron chi connectivity index (χ1n) is 7.67. The summed E-state index contributed by atoms with van der Waals surface area (Å²) in [7, 11) is 0. The Morgan fingerprint density at radius 2 is 2.00 bits per heavy atom. The lowest BCUT2D eigenvalue weighted by Gasteiger charge is -2.44. The Labute approximate surface area is 111 Å². The zero-order chi connectivity index (χ0) is 12.6. The van der Waals surface area contributed by atoms with Gasteiger partial charge in [0.15, 0.2) is 0 Å². The lowest BCUT2D eigenvalue weighted by molar-refractivity contribution is -0.118. The molecule has 1 saturated carbocycles. The van der Waals surface area contributed by atoms with Gasteiger partial charge in [-0.2, -0.15) is 0 Å². The molecule has 2 unspecified atom stereocenters. The van der Waals surface area contributed by atoms with Crippen molar-refractivity contribution in [2.75, 3.05) is 26.2 Å². The molecule has 0 amide bonds. The maximum absolute atomic E-state index is 11.5. The van der Waals surface area contributed by atoms with Crippen LogP contribution >= 0.6 is 0 Å². The maximum atomic E-state index is 11.5. The highest BCUT2D eigenvalue weighted by atomic mass is 16.1. The second kappa shape index (κ2) is 4.93. The standard InChI is InChI=1S/C15H26N2O/c1-13-9-16-8-4-5-14(16)10-17(13)11-15(12-18)6-2-3-7-15/h12-14H,2-11H2,1H3. The largest absolute Gasteiger partial charge is 0.303 e. The van der Waals surface area contributed by atoms with Crippen LogP contribution in [-0.2, 0) is 4.79 Å². The highest BCUT2D eigenvalue weighted by Gasteiger charge is 2.40. The van der Waals surface area contributed by atoms with Gasteiger partial charge in [0, 0.05) is 37.1 Å². The minimum atomic E-state index is -0.00493. The molecule has 0 aromatic heterocycles. The van der Waals surface area contributed by atoms with E-state index in [4.69, 9.17) is 0 Å². The van der Waals surface area contributed by atoms with Gasteiger partial charge in [0.25, 0.3) is 0 Å². The fourth-order valence-electron chi connectivity index (χ4n) is 4.26. The highest BCUT2D eigenvalue weighted by Crippen LogP contribution is 2.38. The zero-order valence-electron chi connectivity index (χ0n) is 11.6. The van der Waals surface area contributed by atoms with E-state index in [-0.39, 0.29) is 5.41 Å². The predicted molar refractivity (Wildman–Crippen MR) is 72.6 cm³/mol. The molecule has 2 atom stereocenters. The van der Waals surface area contributed by atoms with Crippen LogP contribution in [0.4, 0.5) is 0 Å². The van der Waals surface area contributed by atoms with E-state index in [1.54, 1.807) is 0 Å². The number of aldehydes is 1. The Morgan fingerprint density at radius 3 is 2.72 bits per heavy atom. The van der Waals surface area contributed by atoms with Crippen LogP contribution in [0, 0.1) is 5.41 Å². The highest BCUT2D eigenvalue weighted by molar-refractivity contribution is 5.60. The summed E-state index contributed by atoms with van der Waals surface area (Å²) >= 11 is 0. The minimum absolute atomic E-state index is 0.00493. The van der Waals surface area contributed by atoms with Gasteiger partial charge < -0.3 is 4.79 Å². The van der Waals surface area contributed by atoms with Gasteiger partial charge in [-0.05, 0) is 39.2 Å². The Bertz CT molecular complexity index is 312. The summed E-state index contributed by atoms with van der Waals surface area (Å²) in [5.41, 5.74) is -0.00493. The zero-order valence-corrected chi connectivity index (χ0v) is 11.6. The lowest BCUT2D eigenvalue weighted by atomic mass is 9.86. The van der Waals surface area contributed by atoms with Gasteiger partial charge in [0.2, 0.25) is 0 Å². The van der Waals surface area contributed by atoms with Gasteiger partial charge >= 0.3 is 0 Å². The third-order valence-electron chi connectivity index (χ3n) is 5.43. The Hall–Kier alpha value is -0.410. The summed E-state index contributed by atoms with van der Waals surface area (Å²) in [5, 5.41) is 0. The van der Waals surface area contributed by atoms with Gasteiger partial charge in [0.05, 0.1) is 0 Å². The first-order chi connectivity index (χ1) is 8.72.